The molecule has 1 rings (SSSR count). The topological polar surface area (TPSA) is 104 Å². The minimum atomic E-state index is -1.35. The standard InChI is InChI=1S/C15H25NO5/c1-15(2,3)10-6-4-9(5-7-10)13(19)16-11(14(20)21)8-12(17)18/h9-11H,4-8H2,1-3H3,(H,16,19)(H,17,18)(H,20,21). The van der Waals surface area contributed by atoms with Crippen molar-refractivity contribution in [3.63, 3.8) is 0 Å². The quantitative estimate of drug-likeness (QED) is 0.719. The zero-order valence-corrected chi connectivity index (χ0v) is 12.9. The van der Waals surface area contributed by atoms with E-state index in [1.54, 1.807) is 0 Å². The van der Waals surface area contributed by atoms with Crippen LogP contribution in [-0.4, -0.2) is 34.1 Å². The summed E-state index contributed by atoms with van der Waals surface area (Å²) in [5.74, 6) is -2.53. The summed E-state index contributed by atoms with van der Waals surface area (Å²) in [5, 5.41) is 20.0. The van der Waals surface area contributed by atoms with E-state index >= 15 is 0 Å². The second-order valence-corrected chi connectivity index (χ2v) is 6.91. The number of nitrogens with one attached hydrogen (secondary N) is 1. The maximum absolute atomic E-state index is 12.1. The molecule has 0 saturated heterocycles. The number of amides is 1. The maximum Gasteiger partial charge on any atom is 0.326 e. The van der Waals surface area contributed by atoms with Crippen LogP contribution >= 0.6 is 0 Å². The number of carbonyl (C=O) groups excluding carboxylic acids is 1. The van der Waals surface area contributed by atoms with Gasteiger partial charge in [0.25, 0.3) is 0 Å². The first-order valence-electron chi connectivity index (χ1n) is 7.36. The summed E-state index contributed by atoms with van der Waals surface area (Å²) in [5.41, 5.74) is 0.217. The van der Waals surface area contributed by atoms with Crippen molar-refractivity contribution in [3.05, 3.63) is 0 Å². The summed E-state index contributed by atoms with van der Waals surface area (Å²) in [6.45, 7) is 6.56. The summed E-state index contributed by atoms with van der Waals surface area (Å²) in [6, 6.07) is -1.35. The highest BCUT2D eigenvalue weighted by Crippen LogP contribution is 2.39. The van der Waals surface area contributed by atoms with Gasteiger partial charge in [-0.2, -0.15) is 0 Å². The summed E-state index contributed by atoms with van der Waals surface area (Å²) in [7, 11) is 0. The number of carboxylic acid groups (broad SMARTS) is 2. The van der Waals surface area contributed by atoms with Gasteiger partial charge in [0.1, 0.15) is 6.04 Å². The molecule has 0 heterocycles. The maximum atomic E-state index is 12.1. The molecule has 0 radical (unpaired) electrons. The first-order chi connectivity index (χ1) is 9.61. The Kier molecular flexibility index (Phi) is 5.75. The molecule has 3 N–H and O–H groups in total. The predicted octanol–water partition coefficient (Wildman–Crippen LogP) is 1.88. The Morgan fingerprint density at radius 3 is 2.00 bits per heavy atom. The van der Waals surface area contributed by atoms with Gasteiger partial charge in [0.2, 0.25) is 5.91 Å². The van der Waals surface area contributed by atoms with Gasteiger partial charge in [0.15, 0.2) is 0 Å². The number of hydrogen-bond donors (Lipinski definition) is 3. The summed E-state index contributed by atoms with van der Waals surface area (Å²) in [4.78, 5) is 33.7. The lowest BCUT2D eigenvalue weighted by atomic mass is 9.69. The van der Waals surface area contributed by atoms with Gasteiger partial charge in [-0.05, 0) is 37.0 Å². The van der Waals surface area contributed by atoms with E-state index in [1.807, 2.05) is 0 Å². The van der Waals surface area contributed by atoms with Gasteiger partial charge in [-0.25, -0.2) is 4.79 Å². The monoisotopic (exact) mass is 299 g/mol. The van der Waals surface area contributed by atoms with E-state index in [0.29, 0.717) is 5.92 Å². The Morgan fingerprint density at radius 1 is 1.10 bits per heavy atom. The van der Waals surface area contributed by atoms with E-state index < -0.39 is 24.4 Å². The average molecular weight is 299 g/mol. The fourth-order valence-electron chi connectivity index (χ4n) is 2.89. The van der Waals surface area contributed by atoms with Crippen molar-refractivity contribution in [3.8, 4) is 0 Å². The first-order valence-corrected chi connectivity index (χ1v) is 7.36. The molecule has 1 saturated carbocycles. The molecule has 0 aromatic carbocycles. The van der Waals surface area contributed by atoms with Crippen LogP contribution in [0, 0.1) is 17.3 Å². The Balaban J connectivity index is 2.53. The molecule has 120 valence electrons. The highest BCUT2D eigenvalue weighted by atomic mass is 16.4. The van der Waals surface area contributed by atoms with Crippen LogP contribution in [0.1, 0.15) is 52.9 Å². The highest BCUT2D eigenvalue weighted by molar-refractivity contribution is 5.87. The second-order valence-electron chi connectivity index (χ2n) is 6.91. The van der Waals surface area contributed by atoms with Gasteiger partial charge >= 0.3 is 11.9 Å². The van der Waals surface area contributed by atoms with Crippen LogP contribution in [-0.2, 0) is 14.4 Å². The van der Waals surface area contributed by atoms with Crippen LogP contribution in [0.2, 0.25) is 0 Å². The SMILES string of the molecule is CC(C)(C)C1CCC(C(=O)NC(CC(=O)O)C(=O)O)CC1. The molecule has 1 amide bonds. The number of hydrogen-bond acceptors (Lipinski definition) is 3. The van der Waals surface area contributed by atoms with Crippen LogP contribution in [0.25, 0.3) is 0 Å². The Bertz CT molecular complexity index is 405. The Morgan fingerprint density at radius 2 is 1.62 bits per heavy atom. The minimum absolute atomic E-state index is 0.209. The predicted molar refractivity (Wildman–Crippen MR) is 76.7 cm³/mol. The summed E-state index contributed by atoms with van der Waals surface area (Å²) in [6.07, 6.45) is 2.75. The molecule has 6 heteroatoms. The van der Waals surface area contributed by atoms with Crippen LogP contribution in [0.3, 0.4) is 0 Å². The van der Waals surface area contributed by atoms with Crippen molar-refractivity contribution < 1.29 is 24.6 Å². The van der Waals surface area contributed by atoms with Crippen LogP contribution in [0.15, 0.2) is 0 Å². The zero-order valence-electron chi connectivity index (χ0n) is 12.9. The van der Waals surface area contributed by atoms with Gasteiger partial charge in [-0.15, -0.1) is 0 Å². The fraction of sp³-hybridized carbons (Fsp3) is 0.800. The number of aliphatic carboxylic acids is 2. The summed E-state index contributed by atoms with van der Waals surface area (Å²) < 4.78 is 0. The molecule has 0 spiro atoms. The van der Waals surface area contributed by atoms with Crippen LogP contribution < -0.4 is 5.32 Å². The van der Waals surface area contributed by atoms with Crippen molar-refractivity contribution in [2.75, 3.05) is 0 Å². The molecule has 0 aliphatic heterocycles. The van der Waals surface area contributed by atoms with Crippen LogP contribution in [0.4, 0.5) is 0 Å². The molecule has 0 aromatic heterocycles. The fourth-order valence-corrected chi connectivity index (χ4v) is 2.89. The lowest BCUT2D eigenvalue weighted by Crippen LogP contribution is -2.45. The number of carbonyl (C=O) groups is 3. The number of rotatable bonds is 5. The molecule has 1 aliphatic carbocycles. The van der Waals surface area contributed by atoms with Crippen molar-refractivity contribution in [1.82, 2.24) is 5.32 Å². The Labute approximate surface area is 124 Å². The van der Waals surface area contributed by atoms with E-state index in [4.69, 9.17) is 10.2 Å². The second kappa shape index (κ2) is 6.91. The van der Waals surface area contributed by atoms with E-state index in [2.05, 4.69) is 26.1 Å². The third kappa shape index (κ3) is 5.36. The van der Waals surface area contributed by atoms with Gasteiger partial charge in [0, 0.05) is 5.92 Å². The molecule has 0 bridgehead atoms. The average Bonchev–Trinajstić information content (AvgIpc) is 2.36. The van der Waals surface area contributed by atoms with Crippen molar-refractivity contribution >= 4 is 17.8 Å². The zero-order chi connectivity index (χ0) is 16.2. The van der Waals surface area contributed by atoms with Crippen molar-refractivity contribution in [2.45, 2.75) is 58.9 Å². The third-order valence-electron chi connectivity index (χ3n) is 4.32. The molecule has 1 unspecified atom stereocenters. The molecule has 0 aromatic rings. The van der Waals surface area contributed by atoms with E-state index in [-0.39, 0.29) is 17.2 Å². The summed E-state index contributed by atoms with van der Waals surface area (Å²) >= 11 is 0. The molecule has 1 atom stereocenters. The normalized spacial score (nSPS) is 24.1. The Hall–Kier alpha value is -1.59. The smallest absolute Gasteiger partial charge is 0.326 e. The molecule has 21 heavy (non-hydrogen) atoms. The third-order valence-corrected chi connectivity index (χ3v) is 4.32. The highest BCUT2D eigenvalue weighted by Gasteiger charge is 2.34. The van der Waals surface area contributed by atoms with Gasteiger partial charge in [-0.1, -0.05) is 20.8 Å². The van der Waals surface area contributed by atoms with Gasteiger partial charge in [-0.3, -0.25) is 9.59 Å². The molecule has 6 nitrogen and oxygen atoms in total. The van der Waals surface area contributed by atoms with Crippen molar-refractivity contribution in [1.29, 1.82) is 0 Å². The largest absolute Gasteiger partial charge is 0.481 e. The van der Waals surface area contributed by atoms with Gasteiger partial charge in [0.05, 0.1) is 6.42 Å². The van der Waals surface area contributed by atoms with E-state index in [9.17, 15) is 14.4 Å². The molecular weight excluding hydrogens is 274 g/mol. The molecule has 1 aliphatic rings. The lowest BCUT2D eigenvalue weighted by Gasteiger charge is -2.36. The van der Waals surface area contributed by atoms with E-state index in [1.165, 1.54) is 0 Å². The molecular formula is C15H25NO5. The van der Waals surface area contributed by atoms with E-state index in [0.717, 1.165) is 25.7 Å². The van der Waals surface area contributed by atoms with Crippen molar-refractivity contribution in [2.24, 2.45) is 17.3 Å². The lowest BCUT2D eigenvalue weighted by molar-refractivity contribution is -0.147. The van der Waals surface area contributed by atoms with Gasteiger partial charge < -0.3 is 15.5 Å². The number of carboxylic acids is 2. The first kappa shape index (κ1) is 17.5. The molecule has 1 fully saturated rings. The minimum Gasteiger partial charge on any atom is -0.481 e. The van der Waals surface area contributed by atoms with Crippen LogP contribution in [0.5, 0.6) is 0 Å².